The maximum absolute atomic E-state index is 5.99. The fourth-order valence-corrected chi connectivity index (χ4v) is 3.48. The van der Waals surface area contributed by atoms with Crippen LogP contribution in [0.2, 0.25) is 0 Å². The van der Waals surface area contributed by atoms with Gasteiger partial charge in [-0.3, -0.25) is 4.57 Å². The minimum atomic E-state index is 0.0519. The number of aromatic nitrogens is 6. The van der Waals surface area contributed by atoms with Gasteiger partial charge in [0.25, 0.3) is 0 Å². The summed E-state index contributed by atoms with van der Waals surface area (Å²) in [6.07, 6.45) is 4.05. The number of anilines is 1. The summed E-state index contributed by atoms with van der Waals surface area (Å²) in [5.74, 6) is 1.51. The zero-order chi connectivity index (χ0) is 19.1. The van der Waals surface area contributed by atoms with Gasteiger partial charge in [0.2, 0.25) is 11.8 Å². The Bertz CT molecular complexity index is 1120. The molecule has 142 valence electrons. The number of imidazole rings is 1. The molecular formula is C19H19N7O2. The molecule has 3 aromatic heterocycles. The second kappa shape index (κ2) is 6.68. The summed E-state index contributed by atoms with van der Waals surface area (Å²) in [5.41, 5.74) is 9.47. The largest absolute Gasteiger partial charge is 0.373 e. The molecule has 1 aliphatic rings. The van der Waals surface area contributed by atoms with Crippen molar-refractivity contribution in [3.8, 4) is 0 Å². The lowest BCUT2D eigenvalue weighted by atomic mass is 9.99. The highest BCUT2D eigenvalue weighted by Gasteiger charge is 2.31. The molecule has 2 N–H and O–H groups in total. The average Bonchev–Trinajstić information content (AvgIpc) is 3.42. The van der Waals surface area contributed by atoms with E-state index in [1.54, 1.807) is 17.0 Å². The van der Waals surface area contributed by atoms with Crippen LogP contribution in [0.1, 0.15) is 41.3 Å². The van der Waals surface area contributed by atoms with Gasteiger partial charge in [0.05, 0.1) is 12.7 Å². The molecule has 4 heterocycles. The first kappa shape index (κ1) is 16.8. The second-order valence-corrected chi connectivity index (χ2v) is 6.97. The van der Waals surface area contributed by atoms with Crippen molar-refractivity contribution < 1.29 is 9.26 Å². The quantitative estimate of drug-likeness (QED) is 0.576. The first-order valence-corrected chi connectivity index (χ1v) is 9.11. The van der Waals surface area contributed by atoms with Crippen molar-refractivity contribution in [1.82, 2.24) is 29.7 Å². The average molecular weight is 377 g/mol. The molecule has 0 bridgehead atoms. The van der Waals surface area contributed by atoms with Crippen molar-refractivity contribution in [3.63, 3.8) is 0 Å². The minimum Gasteiger partial charge on any atom is -0.373 e. The number of nitrogens with zero attached hydrogens (tertiary/aromatic N) is 6. The van der Waals surface area contributed by atoms with E-state index in [9.17, 15) is 0 Å². The number of hydrogen-bond acceptors (Lipinski definition) is 8. The Kier molecular flexibility index (Phi) is 4.01. The first-order chi connectivity index (χ1) is 13.7. The van der Waals surface area contributed by atoms with Crippen LogP contribution < -0.4 is 5.73 Å². The van der Waals surface area contributed by atoms with Gasteiger partial charge in [0, 0.05) is 18.3 Å². The Hall–Kier alpha value is -3.33. The lowest BCUT2D eigenvalue weighted by molar-refractivity contribution is 0.110. The summed E-state index contributed by atoms with van der Waals surface area (Å²) in [5, 5.41) is 4.15. The van der Waals surface area contributed by atoms with Crippen LogP contribution in [0, 0.1) is 6.92 Å². The number of aryl methyl sites for hydroxylation is 1. The van der Waals surface area contributed by atoms with E-state index in [1.807, 2.05) is 0 Å². The third kappa shape index (κ3) is 2.99. The van der Waals surface area contributed by atoms with E-state index in [0.717, 1.165) is 6.42 Å². The van der Waals surface area contributed by atoms with Crippen LogP contribution >= 0.6 is 0 Å². The number of hydrogen-bond donors (Lipinski definition) is 1. The number of rotatable bonds is 4. The Morgan fingerprint density at radius 2 is 1.96 bits per heavy atom. The maximum atomic E-state index is 5.99. The zero-order valence-corrected chi connectivity index (χ0v) is 15.3. The summed E-state index contributed by atoms with van der Waals surface area (Å²) in [6.45, 7) is 2.94. The van der Waals surface area contributed by atoms with Crippen molar-refractivity contribution >= 4 is 17.2 Å². The Morgan fingerprint density at radius 1 is 1.14 bits per heavy atom. The van der Waals surface area contributed by atoms with Gasteiger partial charge in [-0.25, -0.2) is 9.97 Å². The molecule has 5 rings (SSSR count). The summed E-state index contributed by atoms with van der Waals surface area (Å²) in [7, 11) is 0. The van der Waals surface area contributed by atoms with Crippen molar-refractivity contribution in [3.05, 3.63) is 59.5 Å². The molecular weight excluding hydrogens is 358 g/mol. The molecule has 0 amide bonds. The molecule has 1 aliphatic heterocycles. The molecule has 4 aromatic rings. The van der Waals surface area contributed by atoms with Crippen LogP contribution in [0.15, 0.2) is 41.2 Å². The summed E-state index contributed by atoms with van der Waals surface area (Å²) >= 11 is 0. The van der Waals surface area contributed by atoms with Gasteiger partial charge in [-0.05, 0) is 18.9 Å². The molecule has 28 heavy (non-hydrogen) atoms. The van der Waals surface area contributed by atoms with E-state index >= 15 is 0 Å². The summed E-state index contributed by atoms with van der Waals surface area (Å²) in [6, 6.07) is 8.42. The Morgan fingerprint density at radius 3 is 2.82 bits per heavy atom. The molecule has 2 atom stereocenters. The molecule has 1 saturated heterocycles. The lowest BCUT2D eigenvalue weighted by Gasteiger charge is -2.09. The molecule has 0 radical (unpaired) electrons. The van der Waals surface area contributed by atoms with Crippen LogP contribution in [0.4, 0.5) is 5.95 Å². The third-order valence-corrected chi connectivity index (χ3v) is 5.00. The highest BCUT2D eigenvalue weighted by atomic mass is 16.5. The van der Waals surface area contributed by atoms with Crippen LogP contribution in [0.5, 0.6) is 0 Å². The van der Waals surface area contributed by atoms with Gasteiger partial charge in [-0.1, -0.05) is 35.0 Å². The molecule has 0 spiro atoms. The summed E-state index contributed by atoms with van der Waals surface area (Å²) < 4.78 is 13.1. The fraction of sp³-hybridized carbons (Fsp3) is 0.316. The second-order valence-electron chi connectivity index (χ2n) is 6.97. The third-order valence-electron chi connectivity index (χ3n) is 5.00. The van der Waals surface area contributed by atoms with Crippen molar-refractivity contribution in [1.29, 1.82) is 0 Å². The highest BCUT2D eigenvalue weighted by molar-refractivity contribution is 5.69. The van der Waals surface area contributed by atoms with Gasteiger partial charge in [-0.15, -0.1) is 0 Å². The van der Waals surface area contributed by atoms with Gasteiger partial charge in [0.1, 0.15) is 6.54 Å². The highest BCUT2D eigenvalue weighted by Crippen LogP contribution is 2.37. The van der Waals surface area contributed by atoms with Gasteiger partial charge in [0.15, 0.2) is 17.1 Å². The van der Waals surface area contributed by atoms with E-state index in [1.165, 1.54) is 11.1 Å². The Labute approximate surface area is 160 Å². The summed E-state index contributed by atoms with van der Waals surface area (Å²) in [4.78, 5) is 17.2. The van der Waals surface area contributed by atoms with Crippen molar-refractivity contribution in [2.24, 2.45) is 0 Å². The Balaban J connectivity index is 1.32. The zero-order valence-electron chi connectivity index (χ0n) is 15.3. The van der Waals surface area contributed by atoms with Crippen LogP contribution in [-0.2, 0) is 11.3 Å². The number of ether oxygens (including phenoxy) is 1. The van der Waals surface area contributed by atoms with Crippen LogP contribution in [-0.4, -0.2) is 36.3 Å². The molecule has 1 aromatic carbocycles. The van der Waals surface area contributed by atoms with E-state index in [4.69, 9.17) is 15.0 Å². The van der Waals surface area contributed by atoms with Gasteiger partial charge in [-0.2, -0.15) is 9.97 Å². The standard InChI is InChI=1S/C19H19N7O2/c1-11-2-4-12(5-3-11)14-8-13(10-27-14)16-23-15(28-25-16)9-26-18-17(24-19(26)20)21-6-7-22-18/h2-7,13-14H,8-10H2,1H3,(H2,20,21,24)/t13-,14+/m0/s1. The molecule has 9 heteroatoms. The van der Waals surface area contributed by atoms with E-state index < -0.39 is 0 Å². The number of nitrogens with two attached hydrogens (primary N) is 1. The SMILES string of the molecule is Cc1ccc([C@H]2C[C@H](c3noc(Cn4c(N)nc5nccnc54)n3)CO2)cc1. The monoisotopic (exact) mass is 377 g/mol. The number of nitrogen functional groups attached to an aromatic ring is 1. The molecule has 9 nitrogen and oxygen atoms in total. The van der Waals surface area contributed by atoms with E-state index in [0.29, 0.717) is 42.1 Å². The van der Waals surface area contributed by atoms with Gasteiger partial charge < -0.3 is 15.0 Å². The van der Waals surface area contributed by atoms with E-state index in [2.05, 4.69) is 56.3 Å². The minimum absolute atomic E-state index is 0.0519. The predicted octanol–water partition coefficient (Wildman–Crippen LogP) is 2.39. The molecule has 0 unspecified atom stereocenters. The number of fused-ring (bicyclic) bond motifs is 1. The predicted molar refractivity (Wildman–Crippen MR) is 100 cm³/mol. The topological polar surface area (TPSA) is 118 Å². The molecule has 1 fully saturated rings. The smallest absolute Gasteiger partial charge is 0.246 e. The number of benzene rings is 1. The van der Waals surface area contributed by atoms with Crippen LogP contribution in [0.25, 0.3) is 11.3 Å². The molecule has 0 aliphatic carbocycles. The first-order valence-electron chi connectivity index (χ1n) is 9.11. The van der Waals surface area contributed by atoms with Gasteiger partial charge >= 0.3 is 0 Å². The lowest BCUT2D eigenvalue weighted by Crippen LogP contribution is -2.06. The molecule has 0 saturated carbocycles. The fourth-order valence-electron chi connectivity index (χ4n) is 3.48. The van der Waals surface area contributed by atoms with Crippen molar-refractivity contribution in [2.75, 3.05) is 12.3 Å². The van der Waals surface area contributed by atoms with E-state index in [-0.39, 0.29) is 12.0 Å². The van der Waals surface area contributed by atoms with Crippen molar-refractivity contribution in [2.45, 2.75) is 31.9 Å². The normalized spacial score (nSPS) is 19.5. The van der Waals surface area contributed by atoms with Crippen LogP contribution in [0.3, 0.4) is 0 Å². The maximum Gasteiger partial charge on any atom is 0.246 e.